The minimum Gasteiger partial charge on any atom is -0.484 e. The summed E-state index contributed by atoms with van der Waals surface area (Å²) in [6, 6.07) is 13.9. The molecule has 4 nitrogen and oxygen atoms in total. The SMILES string of the molecule is CNC(=O)COc1ccc(C(=O)/C=C/c2cccc(Cl)c2)cc1. The maximum atomic E-state index is 12.1. The van der Waals surface area contributed by atoms with E-state index in [1.54, 1.807) is 49.5 Å². The molecule has 2 aromatic carbocycles. The van der Waals surface area contributed by atoms with Gasteiger partial charge in [0.25, 0.3) is 5.91 Å². The molecule has 0 saturated heterocycles. The van der Waals surface area contributed by atoms with Gasteiger partial charge in [-0.25, -0.2) is 0 Å². The molecule has 2 rings (SSSR count). The van der Waals surface area contributed by atoms with Crippen LogP contribution < -0.4 is 10.1 Å². The summed E-state index contributed by atoms with van der Waals surface area (Å²) in [5.74, 6) is 0.196. The number of carbonyl (C=O) groups excluding carboxylic acids is 2. The molecule has 1 N–H and O–H groups in total. The molecule has 0 aromatic heterocycles. The van der Waals surface area contributed by atoms with Crippen molar-refractivity contribution in [1.29, 1.82) is 0 Å². The lowest BCUT2D eigenvalue weighted by Gasteiger charge is -2.05. The van der Waals surface area contributed by atoms with E-state index in [0.29, 0.717) is 16.3 Å². The fourth-order valence-electron chi connectivity index (χ4n) is 1.81. The number of hydrogen-bond donors (Lipinski definition) is 1. The van der Waals surface area contributed by atoms with Crippen molar-refractivity contribution in [2.45, 2.75) is 0 Å². The van der Waals surface area contributed by atoms with Gasteiger partial charge in [0.1, 0.15) is 5.75 Å². The minimum absolute atomic E-state index is 0.0571. The Balaban J connectivity index is 1.98. The average Bonchev–Trinajstić information content (AvgIpc) is 2.58. The van der Waals surface area contributed by atoms with Crippen LogP contribution in [0.15, 0.2) is 54.6 Å². The predicted molar refractivity (Wildman–Crippen MR) is 90.8 cm³/mol. The number of ether oxygens (including phenoxy) is 1. The van der Waals surface area contributed by atoms with Gasteiger partial charge in [-0.05, 0) is 48.0 Å². The van der Waals surface area contributed by atoms with Crippen LogP contribution in [-0.4, -0.2) is 25.3 Å². The molecule has 118 valence electrons. The third-order valence-corrected chi connectivity index (χ3v) is 3.30. The highest BCUT2D eigenvalue weighted by atomic mass is 35.5. The molecule has 0 aliphatic carbocycles. The molecule has 23 heavy (non-hydrogen) atoms. The van der Waals surface area contributed by atoms with Gasteiger partial charge in [0, 0.05) is 17.6 Å². The Bertz CT molecular complexity index is 723. The Morgan fingerprint density at radius 2 is 1.91 bits per heavy atom. The monoisotopic (exact) mass is 329 g/mol. The maximum Gasteiger partial charge on any atom is 0.257 e. The number of hydrogen-bond acceptors (Lipinski definition) is 3. The van der Waals surface area contributed by atoms with Gasteiger partial charge in [-0.2, -0.15) is 0 Å². The molecule has 0 atom stereocenters. The van der Waals surface area contributed by atoms with Gasteiger partial charge in [0.05, 0.1) is 0 Å². The summed E-state index contributed by atoms with van der Waals surface area (Å²) in [4.78, 5) is 23.2. The molecular formula is C18H16ClNO3. The van der Waals surface area contributed by atoms with E-state index in [0.717, 1.165) is 5.56 Å². The standard InChI is InChI=1S/C18H16ClNO3/c1-20-18(22)12-23-16-8-6-14(7-9-16)17(21)10-5-13-3-2-4-15(19)11-13/h2-11H,12H2,1H3,(H,20,22)/b10-5+. The Morgan fingerprint density at radius 3 is 2.57 bits per heavy atom. The number of amides is 1. The normalized spacial score (nSPS) is 10.5. The molecule has 0 fully saturated rings. The molecule has 0 spiro atoms. The van der Waals surface area contributed by atoms with Gasteiger partial charge in [-0.3, -0.25) is 9.59 Å². The molecule has 0 heterocycles. The highest BCUT2D eigenvalue weighted by molar-refractivity contribution is 6.30. The van der Waals surface area contributed by atoms with Crippen LogP contribution in [-0.2, 0) is 4.79 Å². The van der Waals surface area contributed by atoms with E-state index in [9.17, 15) is 9.59 Å². The lowest BCUT2D eigenvalue weighted by molar-refractivity contribution is -0.122. The topological polar surface area (TPSA) is 55.4 Å². The smallest absolute Gasteiger partial charge is 0.257 e. The highest BCUT2D eigenvalue weighted by Crippen LogP contribution is 2.15. The number of nitrogens with one attached hydrogen (secondary N) is 1. The molecule has 0 saturated carbocycles. The van der Waals surface area contributed by atoms with Crippen molar-refractivity contribution in [3.63, 3.8) is 0 Å². The van der Waals surface area contributed by atoms with Crippen molar-refractivity contribution in [2.75, 3.05) is 13.7 Å². The van der Waals surface area contributed by atoms with Crippen LogP contribution in [0.1, 0.15) is 15.9 Å². The zero-order chi connectivity index (χ0) is 16.7. The molecule has 5 heteroatoms. The molecule has 0 aliphatic heterocycles. The van der Waals surface area contributed by atoms with Gasteiger partial charge in [-0.15, -0.1) is 0 Å². The number of ketones is 1. The third-order valence-electron chi connectivity index (χ3n) is 3.06. The fourth-order valence-corrected chi connectivity index (χ4v) is 2.01. The lowest BCUT2D eigenvalue weighted by Crippen LogP contribution is -2.24. The van der Waals surface area contributed by atoms with E-state index in [1.807, 2.05) is 12.1 Å². The van der Waals surface area contributed by atoms with Gasteiger partial charge in [0.15, 0.2) is 12.4 Å². The van der Waals surface area contributed by atoms with Crippen LogP contribution >= 0.6 is 11.6 Å². The molecule has 0 radical (unpaired) electrons. The fraction of sp³-hybridized carbons (Fsp3) is 0.111. The second kappa shape index (κ2) is 8.15. The summed E-state index contributed by atoms with van der Waals surface area (Å²) in [5.41, 5.74) is 1.40. The van der Waals surface area contributed by atoms with E-state index in [2.05, 4.69) is 5.32 Å². The van der Waals surface area contributed by atoms with E-state index in [4.69, 9.17) is 16.3 Å². The third kappa shape index (κ3) is 5.27. The van der Waals surface area contributed by atoms with Crippen molar-refractivity contribution in [2.24, 2.45) is 0 Å². The first kappa shape index (κ1) is 16.8. The Labute approximate surface area is 139 Å². The van der Waals surface area contributed by atoms with E-state index in [-0.39, 0.29) is 18.3 Å². The second-order valence-electron chi connectivity index (χ2n) is 4.74. The summed E-state index contributed by atoms with van der Waals surface area (Å²) in [6.45, 7) is -0.0571. The summed E-state index contributed by atoms with van der Waals surface area (Å²) in [5, 5.41) is 3.09. The van der Waals surface area contributed by atoms with Crippen LogP contribution in [0.2, 0.25) is 5.02 Å². The molecule has 1 amide bonds. The molecular weight excluding hydrogens is 314 g/mol. The largest absolute Gasteiger partial charge is 0.484 e. The quantitative estimate of drug-likeness (QED) is 0.653. The van der Waals surface area contributed by atoms with Gasteiger partial charge in [-0.1, -0.05) is 29.8 Å². The summed E-state index contributed by atoms with van der Waals surface area (Å²) in [6.07, 6.45) is 3.20. The summed E-state index contributed by atoms with van der Waals surface area (Å²) >= 11 is 5.90. The van der Waals surface area contributed by atoms with Crippen LogP contribution in [0, 0.1) is 0 Å². The first-order valence-electron chi connectivity index (χ1n) is 7.00. The summed E-state index contributed by atoms with van der Waals surface area (Å²) in [7, 11) is 1.54. The highest BCUT2D eigenvalue weighted by Gasteiger charge is 2.04. The molecule has 0 bridgehead atoms. The van der Waals surface area contributed by atoms with Crippen molar-refractivity contribution in [3.05, 3.63) is 70.8 Å². The van der Waals surface area contributed by atoms with Crippen molar-refractivity contribution < 1.29 is 14.3 Å². The summed E-state index contributed by atoms with van der Waals surface area (Å²) < 4.78 is 5.28. The Kier molecular flexibility index (Phi) is 5.94. The van der Waals surface area contributed by atoms with Crippen molar-refractivity contribution in [3.8, 4) is 5.75 Å². The molecule has 0 aliphatic rings. The van der Waals surface area contributed by atoms with Crippen LogP contribution in [0.25, 0.3) is 6.08 Å². The number of rotatable bonds is 6. The van der Waals surface area contributed by atoms with E-state index < -0.39 is 0 Å². The Hall–Kier alpha value is -2.59. The van der Waals surface area contributed by atoms with Crippen LogP contribution in [0.4, 0.5) is 0 Å². The van der Waals surface area contributed by atoms with Crippen LogP contribution in [0.3, 0.4) is 0 Å². The zero-order valence-electron chi connectivity index (χ0n) is 12.6. The minimum atomic E-state index is -0.213. The number of carbonyl (C=O) groups is 2. The van der Waals surface area contributed by atoms with Crippen LogP contribution in [0.5, 0.6) is 5.75 Å². The molecule has 2 aromatic rings. The van der Waals surface area contributed by atoms with Gasteiger partial charge < -0.3 is 10.1 Å². The van der Waals surface area contributed by atoms with Gasteiger partial charge >= 0.3 is 0 Å². The number of likely N-dealkylation sites (N-methyl/N-ethyl adjacent to an activating group) is 1. The maximum absolute atomic E-state index is 12.1. The zero-order valence-corrected chi connectivity index (χ0v) is 13.3. The van der Waals surface area contributed by atoms with E-state index in [1.165, 1.54) is 6.08 Å². The van der Waals surface area contributed by atoms with Crippen molar-refractivity contribution in [1.82, 2.24) is 5.32 Å². The lowest BCUT2D eigenvalue weighted by atomic mass is 10.1. The average molecular weight is 330 g/mol. The van der Waals surface area contributed by atoms with Crippen molar-refractivity contribution >= 4 is 29.4 Å². The number of halogens is 1. The first-order valence-corrected chi connectivity index (χ1v) is 7.37. The van der Waals surface area contributed by atoms with E-state index >= 15 is 0 Å². The Morgan fingerprint density at radius 1 is 1.17 bits per heavy atom. The first-order chi connectivity index (χ1) is 11.1. The number of benzene rings is 2. The molecule has 0 unspecified atom stereocenters. The number of allylic oxidation sites excluding steroid dienone is 1. The predicted octanol–water partition coefficient (Wildman–Crippen LogP) is 3.36. The second-order valence-corrected chi connectivity index (χ2v) is 5.18. The van der Waals surface area contributed by atoms with Gasteiger partial charge in [0.2, 0.25) is 0 Å².